The minimum atomic E-state index is -0.758. The van der Waals surface area contributed by atoms with Crippen LogP contribution >= 0.6 is 0 Å². The maximum atomic E-state index is 11.3. The molecule has 1 N–H and O–H groups in total. The number of carbonyl (C=O) groups is 1. The average molecular weight is 276 g/mol. The number of rotatable bonds is 5. The molecule has 1 aromatic rings. The van der Waals surface area contributed by atoms with Crippen molar-refractivity contribution in [2.24, 2.45) is 0 Å². The van der Waals surface area contributed by atoms with E-state index in [0.29, 0.717) is 0 Å². The van der Waals surface area contributed by atoms with E-state index >= 15 is 0 Å². The third kappa shape index (κ3) is 3.58. The summed E-state index contributed by atoms with van der Waals surface area (Å²) in [5.41, 5.74) is 0.603. The molecule has 1 aliphatic rings. The van der Waals surface area contributed by atoms with Gasteiger partial charge in [0.2, 0.25) is 0 Å². The summed E-state index contributed by atoms with van der Waals surface area (Å²) >= 11 is 0. The summed E-state index contributed by atoms with van der Waals surface area (Å²) in [4.78, 5) is 15.7. The van der Waals surface area contributed by atoms with Crippen molar-refractivity contribution in [3.8, 4) is 0 Å². The second-order valence-electron chi connectivity index (χ2n) is 5.93. The van der Waals surface area contributed by atoms with E-state index in [1.54, 1.807) is 13.8 Å². The number of carboxylic acid groups (broad SMARTS) is 1. The SMILES string of the molecule is CC(C)(C(=O)O)N1CCN(CCc2ccccc2)CC1. The van der Waals surface area contributed by atoms with Gasteiger partial charge in [-0.05, 0) is 25.8 Å². The van der Waals surface area contributed by atoms with Crippen LogP contribution in [0.25, 0.3) is 0 Å². The molecule has 1 fully saturated rings. The fraction of sp³-hybridized carbons (Fsp3) is 0.562. The second kappa shape index (κ2) is 6.37. The number of piperazine rings is 1. The van der Waals surface area contributed by atoms with E-state index < -0.39 is 11.5 Å². The topological polar surface area (TPSA) is 43.8 Å². The van der Waals surface area contributed by atoms with E-state index in [0.717, 1.165) is 39.1 Å². The van der Waals surface area contributed by atoms with Gasteiger partial charge in [-0.1, -0.05) is 30.3 Å². The molecule has 0 atom stereocenters. The lowest BCUT2D eigenvalue weighted by molar-refractivity contribution is -0.150. The average Bonchev–Trinajstić information content (AvgIpc) is 2.46. The Bertz CT molecular complexity index is 437. The first kappa shape index (κ1) is 15.0. The first-order valence-corrected chi connectivity index (χ1v) is 7.25. The minimum absolute atomic E-state index is 0.741. The highest BCUT2D eigenvalue weighted by molar-refractivity contribution is 5.77. The quantitative estimate of drug-likeness (QED) is 0.889. The van der Waals surface area contributed by atoms with Gasteiger partial charge in [0.25, 0.3) is 0 Å². The first-order valence-electron chi connectivity index (χ1n) is 7.25. The third-order valence-electron chi connectivity index (χ3n) is 4.25. The van der Waals surface area contributed by atoms with E-state index in [4.69, 9.17) is 0 Å². The molecule has 2 rings (SSSR count). The standard InChI is InChI=1S/C16H24N2O2/c1-16(2,15(19)20)18-12-10-17(11-13-18)9-8-14-6-4-3-5-7-14/h3-7H,8-13H2,1-2H3,(H,19,20). The Morgan fingerprint density at radius 3 is 2.30 bits per heavy atom. The number of nitrogens with zero attached hydrogens (tertiary/aromatic N) is 2. The van der Waals surface area contributed by atoms with Crippen LogP contribution in [0.1, 0.15) is 19.4 Å². The number of aliphatic carboxylic acids is 1. The van der Waals surface area contributed by atoms with Gasteiger partial charge in [0.1, 0.15) is 5.54 Å². The zero-order valence-corrected chi connectivity index (χ0v) is 12.4. The monoisotopic (exact) mass is 276 g/mol. The molecule has 4 nitrogen and oxygen atoms in total. The Labute approximate surface area is 121 Å². The number of carboxylic acids is 1. The third-order valence-corrected chi connectivity index (χ3v) is 4.25. The number of benzene rings is 1. The molecule has 0 unspecified atom stereocenters. The van der Waals surface area contributed by atoms with Crippen molar-refractivity contribution in [3.63, 3.8) is 0 Å². The molecule has 1 saturated heterocycles. The molecular weight excluding hydrogens is 252 g/mol. The van der Waals surface area contributed by atoms with Gasteiger partial charge in [-0.2, -0.15) is 0 Å². The fourth-order valence-electron chi connectivity index (χ4n) is 2.60. The predicted molar refractivity (Wildman–Crippen MR) is 79.9 cm³/mol. The molecule has 0 aliphatic carbocycles. The molecule has 1 aromatic carbocycles. The molecule has 0 bridgehead atoms. The summed E-state index contributed by atoms with van der Waals surface area (Å²) in [6.45, 7) is 8.17. The van der Waals surface area contributed by atoms with Gasteiger partial charge < -0.3 is 10.0 Å². The lowest BCUT2D eigenvalue weighted by atomic mass is 10.0. The van der Waals surface area contributed by atoms with Crippen LogP contribution < -0.4 is 0 Å². The smallest absolute Gasteiger partial charge is 0.323 e. The summed E-state index contributed by atoms with van der Waals surface area (Å²) in [6.07, 6.45) is 1.06. The highest BCUT2D eigenvalue weighted by Crippen LogP contribution is 2.17. The molecule has 1 aliphatic heterocycles. The zero-order chi connectivity index (χ0) is 14.6. The number of hydrogen-bond donors (Lipinski definition) is 1. The summed E-state index contributed by atoms with van der Waals surface area (Å²) in [7, 11) is 0. The Balaban J connectivity index is 1.79. The molecule has 1 heterocycles. The molecule has 20 heavy (non-hydrogen) atoms. The van der Waals surface area contributed by atoms with Crippen molar-refractivity contribution in [1.82, 2.24) is 9.80 Å². The van der Waals surface area contributed by atoms with E-state index in [1.807, 2.05) is 6.07 Å². The summed E-state index contributed by atoms with van der Waals surface area (Å²) < 4.78 is 0. The van der Waals surface area contributed by atoms with Crippen molar-refractivity contribution in [2.75, 3.05) is 32.7 Å². The maximum Gasteiger partial charge on any atom is 0.323 e. The van der Waals surface area contributed by atoms with Gasteiger partial charge >= 0.3 is 5.97 Å². The van der Waals surface area contributed by atoms with E-state index in [1.165, 1.54) is 5.56 Å². The Morgan fingerprint density at radius 2 is 1.75 bits per heavy atom. The van der Waals surface area contributed by atoms with Gasteiger partial charge in [-0.15, -0.1) is 0 Å². The van der Waals surface area contributed by atoms with Crippen LogP contribution in [0.2, 0.25) is 0 Å². The summed E-state index contributed by atoms with van der Waals surface area (Å²) in [6, 6.07) is 10.5. The van der Waals surface area contributed by atoms with Gasteiger partial charge in [0, 0.05) is 32.7 Å². The highest BCUT2D eigenvalue weighted by atomic mass is 16.4. The molecule has 0 radical (unpaired) electrons. The molecular formula is C16H24N2O2. The second-order valence-corrected chi connectivity index (χ2v) is 5.93. The van der Waals surface area contributed by atoms with Crippen molar-refractivity contribution in [3.05, 3.63) is 35.9 Å². The van der Waals surface area contributed by atoms with Crippen molar-refractivity contribution < 1.29 is 9.90 Å². The van der Waals surface area contributed by atoms with Crippen LogP contribution in [-0.4, -0.2) is 59.1 Å². The van der Waals surface area contributed by atoms with Crippen molar-refractivity contribution in [2.45, 2.75) is 25.8 Å². The van der Waals surface area contributed by atoms with Crippen LogP contribution in [0.4, 0.5) is 0 Å². The van der Waals surface area contributed by atoms with Crippen molar-refractivity contribution >= 4 is 5.97 Å². The number of hydrogen-bond acceptors (Lipinski definition) is 3. The van der Waals surface area contributed by atoms with Crippen LogP contribution in [0.5, 0.6) is 0 Å². The molecule has 0 aromatic heterocycles. The van der Waals surface area contributed by atoms with E-state index in [-0.39, 0.29) is 0 Å². The Hall–Kier alpha value is -1.39. The van der Waals surface area contributed by atoms with Crippen LogP contribution in [0.15, 0.2) is 30.3 Å². The molecule has 0 spiro atoms. The van der Waals surface area contributed by atoms with Crippen LogP contribution in [0, 0.1) is 0 Å². The van der Waals surface area contributed by atoms with Crippen LogP contribution in [0.3, 0.4) is 0 Å². The largest absolute Gasteiger partial charge is 0.480 e. The van der Waals surface area contributed by atoms with Crippen LogP contribution in [-0.2, 0) is 11.2 Å². The van der Waals surface area contributed by atoms with Gasteiger partial charge in [-0.3, -0.25) is 9.69 Å². The van der Waals surface area contributed by atoms with E-state index in [9.17, 15) is 9.90 Å². The fourth-order valence-corrected chi connectivity index (χ4v) is 2.60. The zero-order valence-electron chi connectivity index (χ0n) is 12.4. The van der Waals surface area contributed by atoms with Gasteiger partial charge in [0.15, 0.2) is 0 Å². The highest BCUT2D eigenvalue weighted by Gasteiger charge is 2.36. The Morgan fingerprint density at radius 1 is 1.15 bits per heavy atom. The lowest BCUT2D eigenvalue weighted by Crippen LogP contribution is -2.58. The first-order chi connectivity index (χ1) is 9.50. The Kier molecular flexibility index (Phi) is 4.78. The normalized spacial score (nSPS) is 18.1. The predicted octanol–water partition coefficient (Wildman–Crippen LogP) is 1.71. The molecule has 0 amide bonds. The van der Waals surface area contributed by atoms with Gasteiger partial charge in [0.05, 0.1) is 0 Å². The molecule has 4 heteroatoms. The van der Waals surface area contributed by atoms with Gasteiger partial charge in [-0.25, -0.2) is 0 Å². The maximum absolute atomic E-state index is 11.3. The summed E-state index contributed by atoms with van der Waals surface area (Å²) in [5.74, 6) is -0.741. The lowest BCUT2D eigenvalue weighted by Gasteiger charge is -2.41. The van der Waals surface area contributed by atoms with E-state index in [2.05, 4.69) is 34.1 Å². The minimum Gasteiger partial charge on any atom is -0.480 e. The summed E-state index contributed by atoms with van der Waals surface area (Å²) in [5, 5.41) is 9.26. The molecule has 0 saturated carbocycles. The van der Waals surface area contributed by atoms with Crippen molar-refractivity contribution in [1.29, 1.82) is 0 Å². The molecule has 110 valence electrons.